The Balaban J connectivity index is 0.000000172. The first-order chi connectivity index (χ1) is 29.4. The molecule has 5 N–H and O–H groups in total. The molecule has 9 heteroatoms. The van der Waals surface area contributed by atoms with Crippen molar-refractivity contribution in [3.63, 3.8) is 0 Å². The SMILES string of the molecule is Nc1cccc(C(=O)c2ccc3c(CCc4ccccc4)[nH]nc3c2)c1.O=C(Nc1cccc(C(=O)c2ccc3c(/C=C/c4ccccc4)n[nH]c3c2)c1)c1ccccc1. The van der Waals surface area contributed by atoms with Crippen molar-refractivity contribution >= 4 is 62.8 Å². The number of hydrogen-bond donors (Lipinski definition) is 4. The molecule has 0 radical (unpaired) electrons. The Morgan fingerprint density at radius 1 is 0.533 bits per heavy atom. The zero-order chi connectivity index (χ0) is 41.3. The highest BCUT2D eigenvalue weighted by Crippen LogP contribution is 2.24. The van der Waals surface area contributed by atoms with E-state index in [2.05, 4.69) is 50.0 Å². The number of fused-ring (bicyclic) bond motifs is 2. The standard InChI is InChI=1S/C29H21N3O2.C22H19N3O/c33-28(22-12-7-13-24(18-22)30-29(34)21-10-5-2-6-11-21)23-15-16-25-26(31-32-27(25)19-23)17-14-20-8-3-1-4-9-20;23-18-8-4-7-16(13-18)22(26)17-10-11-19-20(24-25-21(19)14-17)12-9-15-5-2-1-3-6-15/h1-19H,(H,30,34)(H,31,32);1-8,10-11,13-14H,9,12,23H2,(H,24,25)/b17-14+;. The molecule has 2 heterocycles. The molecule has 2 aromatic heterocycles. The summed E-state index contributed by atoms with van der Waals surface area (Å²) in [4.78, 5) is 38.3. The Bertz CT molecular complexity index is 2970. The smallest absolute Gasteiger partial charge is 0.255 e. The average molecular weight is 785 g/mol. The number of benzene rings is 7. The van der Waals surface area contributed by atoms with Gasteiger partial charge < -0.3 is 11.1 Å². The maximum absolute atomic E-state index is 13.2. The Morgan fingerprint density at radius 3 is 1.88 bits per heavy atom. The number of nitrogens with zero attached hydrogens (tertiary/aromatic N) is 2. The third-order valence-corrected chi connectivity index (χ3v) is 10.1. The van der Waals surface area contributed by atoms with E-state index in [0.29, 0.717) is 39.2 Å². The molecule has 0 aliphatic rings. The molecule has 0 aliphatic heterocycles. The number of H-pyrrole nitrogens is 2. The summed E-state index contributed by atoms with van der Waals surface area (Å²) in [6, 6.07) is 54.5. The van der Waals surface area contributed by atoms with E-state index in [1.165, 1.54) is 5.56 Å². The summed E-state index contributed by atoms with van der Waals surface area (Å²) >= 11 is 0. The number of carbonyl (C=O) groups is 3. The fourth-order valence-corrected chi connectivity index (χ4v) is 6.91. The lowest BCUT2D eigenvalue weighted by Gasteiger charge is -2.07. The molecule has 0 atom stereocenters. The third-order valence-electron chi connectivity index (χ3n) is 10.1. The van der Waals surface area contributed by atoms with Gasteiger partial charge in [0.15, 0.2) is 11.6 Å². The molecule has 0 aliphatic carbocycles. The first kappa shape index (κ1) is 38.7. The number of aromatic nitrogens is 4. The lowest BCUT2D eigenvalue weighted by Crippen LogP contribution is -2.12. The van der Waals surface area contributed by atoms with E-state index in [-0.39, 0.29) is 17.5 Å². The summed E-state index contributed by atoms with van der Waals surface area (Å²) < 4.78 is 0. The van der Waals surface area contributed by atoms with E-state index in [9.17, 15) is 14.4 Å². The minimum atomic E-state index is -0.222. The number of nitrogen functional groups attached to an aromatic ring is 1. The zero-order valence-electron chi connectivity index (χ0n) is 32.5. The van der Waals surface area contributed by atoms with Crippen LogP contribution in [0.4, 0.5) is 11.4 Å². The summed E-state index contributed by atoms with van der Waals surface area (Å²) in [6.45, 7) is 0. The summed E-state index contributed by atoms with van der Waals surface area (Å²) in [5.74, 6) is -0.401. The Hall–Kier alpha value is -8.17. The second-order valence-electron chi connectivity index (χ2n) is 14.2. The zero-order valence-corrected chi connectivity index (χ0v) is 32.5. The van der Waals surface area contributed by atoms with Gasteiger partial charge in [-0.15, -0.1) is 0 Å². The summed E-state index contributed by atoms with van der Waals surface area (Å²) in [5.41, 5.74) is 15.6. The Kier molecular flexibility index (Phi) is 11.6. The first-order valence-electron chi connectivity index (χ1n) is 19.5. The predicted molar refractivity (Wildman–Crippen MR) is 240 cm³/mol. The van der Waals surface area contributed by atoms with Crippen molar-refractivity contribution in [2.75, 3.05) is 11.1 Å². The highest BCUT2D eigenvalue weighted by Gasteiger charge is 2.15. The van der Waals surface area contributed by atoms with Crippen LogP contribution in [0.15, 0.2) is 176 Å². The molecule has 0 spiro atoms. The van der Waals surface area contributed by atoms with E-state index >= 15 is 0 Å². The van der Waals surface area contributed by atoms with Gasteiger partial charge in [-0.2, -0.15) is 10.2 Å². The predicted octanol–water partition coefficient (Wildman–Crippen LogP) is 10.4. The van der Waals surface area contributed by atoms with Crippen LogP contribution in [0.2, 0.25) is 0 Å². The van der Waals surface area contributed by atoms with Gasteiger partial charge >= 0.3 is 0 Å². The van der Waals surface area contributed by atoms with Crippen molar-refractivity contribution in [1.82, 2.24) is 20.4 Å². The molecule has 9 nitrogen and oxygen atoms in total. The lowest BCUT2D eigenvalue weighted by atomic mass is 10.0. The van der Waals surface area contributed by atoms with Crippen LogP contribution in [-0.2, 0) is 12.8 Å². The third kappa shape index (κ3) is 9.17. The molecule has 292 valence electrons. The van der Waals surface area contributed by atoms with Crippen LogP contribution in [0, 0.1) is 0 Å². The van der Waals surface area contributed by atoms with E-state index < -0.39 is 0 Å². The minimum Gasteiger partial charge on any atom is -0.399 e. The molecule has 0 saturated heterocycles. The van der Waals surface area contributed by atoms with Crippen molar-refractivity contribution in [2.45, 2.75) is 12.8 Å². The van der Waals surface area contributed by atoms with Crippen LogP contribution < -0.4 is 11.1 Å². The van der Waals surface area contributed by atoms with Crippen molar-refractivity contribution < 1.29 is 14.4 Å². The number of nitrogens with two attached hydrogens (primary N) is 1. The Morgan fingerprint density at radius 2 is 1.15 bits per heavy atom. The normalized spacial score (nSPS) is 11.0. The second kappa shape index (κ2) is 18.0. The molecule has 7 aromatic carbocycles. The fourth-order valence-electron chi connectivity index (χ4n) is 6.91. The lowest BCUT2D eigenvalue weighted by molar-refractivity contribution is 0.102. The van der Waals surface area contributed by atoms with Gasteiger partial charge in [0.05, 0.1) is 16.7 Å². The number of rotatable bonds is 11. The van der Waals surface area contributed by atoms with E-state index in [0.717, 1.165) is 51.6 Å². The highest BCUT2D eigenvalue weighted by atomic mass is 16.2. The molecule has 0 saturated carbocycles. The van der Waals surface area contributed by atoms with E-state index in [4.69, 9.17) is 5.73 Å². The maximum Gasteiger partial charge on any atom is 0.255 e. The number of nitrogens with one attached hydrogen (secondary N) is 3. The molecule has 9 rings (SSSR count). The van der Waals surface area contributed by atoms with Gasteiger partial charge in [-0.05, 0) is 84.6 Å². The van der Waals surface area contributed by atoms with Gasteiger partial charge in [-0.25, -0.2) is 0 Å². The monoisotopic (exact) mass is 784 g/mol. The van der Waals surface area contributed by atoms with Crippen LogP contribution in [0.5, 0.6) is 0 Å². The summed E-state index contributed by atoms with van der Waals surface area (Å²) in [7, 11) is 0. The fraction of sp³-hybridized carbons (Fsp3) is 0.0392. The second-order valence-corrected chi connectivity index (χ2v) is 14.2. The molecular weight excluding hydrogens is 745 g/mol. The maximum atomic E-state index is 13.2. The molecule has 0 bridgehead atoms. The van der Waals surface area contributed by atoms with Crippen molar-refractivity contribution in [1.29, 1.82) is 0 Å². The van der Waals surface area contributed by atoms with Crippen LogP contribution in [0.25, 0.3) is 34.0 Å². The van der Waals surface area contributed by atoms with Crippen molar-refractivity contribution in [2.24, 2.45) is 0 Å². The number of aromatic amines is 2. The number of ketones is 2. The van der Waals surface area contributed by atoms with Gasteiger partial charge in [-0.3, -0.25) is 24.6 Å². The number of anilines is 2. The number of aryl methyl sites for hydroxylation is 2. The van der Waals surface area contributed by atoms with Crippen LogP contribution >= 0.6 is 0 Å². The van der Waals surface area contributed by atoms with Gasteiger partial charge in [0.2, 0.25) is 0 Å². The molecular formula is C51H40N6O3. The van der Waals surface area contributed by atoms with Crippen LogP contribution in [0.3, 0.4) is 0 Å². The van der Waals surface area contributed by atoms with Crippen molar-refractivity contribution in [3.05, 3.63) is 226 Å². The van der Waals surface area contributed by atoms with Gasteiger partial charge in [0.25, 0.3) is 5.91 Å². The minimum absolute atomic E-state index is 0.0481. The van der Waals surface area contributed by atoms with E-state index in [1.54, 1.807) is 72.8 Å². The molecule has 0 fully saturated rings. The van der Waals surface area contributed by atoms with Crippen LogP contribution in [-0.4, -0.2) is 37.9 Å². The number of amides is 1. The van der Waals surface area contributed by atoms with Crippen molar-refractivity contribution in [3.8, 4) is 0 Å². The largest absolute Gasteiger partial charge is 0.399 e. The summed E-state index contributed by atoms with van der Waals surface area (Å²) in [6.07, 6.45) is 5.78. The Labute approximate surface area is 346 Å². The van der Waals surface area contributed by atoms with Gasteiger partial charge in [0, 0.05) is 55.7 Å². The summed E-state index contributed by atoms with van der Waals surface area (Å²) in [5, 5.41) is 19.8. The van der Waals surface area contributed by atoms with Gasteiger partial charge in [0.1, 0.15) is 0 Å². The number of carbonyl (C=O) groups excluding carboxylic acids is 3. The van der Waals surface area contributed by atoms with Gasteiger partial charge in [-0.1, -0.05) is 127 Å². The molecule has 60 heavy (non-hydrogen) atoms. The highest BCUT2D eigenvalue weighted by molar-refractivity contribution is 6.12. The molecule has 1 amide bonds. The topological polar surface area (TPSA) is 147 Å². The first-order valence-corrected chi connectivity index (χ1v) is 19.5. The van der Waals surface area contributed by atoms with Crippen LogP contribution in [0.1, 0.15) is 64.7 Å². The van der Waals surface area contributed by atoms with E-state index in [1.807, 2.05) is 91.0 Å². The number of hydrogen-bond acceptors (Lipinski definition) is 6. The molecule has 0 unspecified atom stereocenters. The average Bonchev–Trinajstić information content (AvgIpc) is 3.91. The molecule has 9 aromatic rings. The quantitative estimate of drug-likeness (QED) is 0.0758.